The molecule has 21 heavy (non-hydrogen) atoms. The maximum absolute atomic E-state index is 12.6. The van der Waals surface area contributed by atoms with E-state index in [1.807, 2.05) is 0 Å². The minimum atomic E-state index is -3.72. The first-order valence-corrected chi connectivity index (χ1v) is 9.90. The Morgan fingerprint density at radius 2 is 1.86 bits per heavy atom. The normalized spacial score (nSPS) is 24.6. The van der Waals surface area contributed by atoms with Crippen LogP contribution in [0.15, 0.2) is 29.2 Å². The first-order chi connectivity index (χ1) is 9.63. The Morgan fingerprint density at radius 1 is 1.29 bits per heavy atom. The Hall–Kier alpha value is -0.960. The summed E-state index contributed by atoms with van der Waals surface area (Å²) in [5, 5.41) is 9.44. The third-order valence-corrected chi connectivity index (χ3v) is 7.40. The maximum Gasteiger partial charge on any atom is 0.243 e. The summed E-state index contributed by atoms with van der Waals surface area (Å²) in [6.07, 6.45) is -0.666. The fourth-order valence-corrected chi connectivity index (χ4v) is 5.79. The van der Waals surface area contributed by atoms with Gasteiger partial charge >= 0.3 is 0 Å². The number of hydrogen-bond acceptors (Lipinski definition) is 5. The van der Waals surface area contributed by atoms with E-state index in [-0.39, 0.29) is 22.9 Å². The number of rotatable bonds is 3. The highest BCUT2D eigenvalue weighted by atomic mass is 32.2. The summed E-state index contributed by atoms with van der Waals surface area (Å²) in [5.74, 6) is -0.305. The van der Waals surface area contributed by atoms with Gasteiger partial charge in [0.1, 0.15) is 0 Å². The SMILES string of the molecule is CC(O)c1ccc(S(=O)(=O)N2CCS(=O)(=O)CC2C)cc1. The van der Waals surface area contributed by atoms with Gasteiger partial charge in [-0.1, -0.05) is 12.1 Å². The van der Waals surface area contributed by atoms with Crippen LogP contribution in [0.1, 0.15) is 25.5 Å². The van der Waals surface area contributed by atoms with Crippen LogP contribution in [-0.4, -0.2) is 50.3 Å². The topological polar surface area (TPSA) is 91.8 Å². The Balaban J connectivity index is 2.30. The molecule has 1 N–H and O–H groups in total. The Bertz CT molecular complexity index is 707. The fourth-order valence-electron chi connectivity index (χ4n) is 2.39. The molecule has 6 nitrogen and oxygen atoms in total. The second-order valence-corrected chi connectivity index (χ2v) is 9.44. The highest BCUT2D eigenvalue weighted by molar-refractivity contribution is 7.92. The second kappa shape index (κ2) is 5.68. The van der Waals surface area contributed by atoms with Gasteiger partial charge in [0.15, 0.2) is 9.84 Å². The summed E-state index contributed by atoms with van der Waals surface area (Å²) in [6, 6.07) is 5.41. The van der Waals surface area contributed by atoms with Crippen molar-refractivity contribution in [3.63, 3.8) is 0 Å². The van der Waals surface area contributed by atoms with E-state index in [1.165, 1.54) is 16.4 Å². The van der Waals surface area contributed by atoms with E-state index >= 15 is 0 Å². The van der Waals surface area contributed by atoms with E-state index in [0.717, 1.165) is 0 Å². The Kier molecular flexibility index (Phi) is 4.44. The quantitative estimate of drug-likeness (QED) is 0.872. The van der Waals surface area contributed by atoms with Crippen molar-refractivity contribution in [1.82, 2.24) is 4.31 Å². The molecule has 2 unspecified atom stereocenters. The van der Waals surface area contributed by atoms with Gasteiger partial charge in [-0.25, -0.2) is 16.8 Å². The predicted octanol–water partition coefficient (Wildman–Crippen LogP) is 0.547. The smallest absolute Gasteiger partial charge is 0.243 e. The third-order valence-electron chi connectivity index (χ3n) is 3.58. The van der Waals surface area contributed by atoms with Gasteiger partial charge in [0, 0.05) is 12.6 Å². The number of aliphatic hydroxyl groups is 1. The molecule has 8 heteroatoms. The Labute approximate surface area is 125 Å². The van der Waals surface area contributed by atoms with Gasteiger partial charge < -0.3 is 5.11 Å². The fraction of sp³-hybridized carbons (Fsp3) is 0.538. The van der Waals surface area contributed by atoms with Crippen molar-refractivity contribution in [2.75, 3.05) is 18.1 Å². The van der Waals surface area contributed by atoms with Gasteiger partial charge in [-0.05, 0) is 31.5 Å². The van der Waals surface area contributed by atoms with Crippen molar-refractivity contribution in [3.8, 4) is 0 Å². The summed E-state index contributed by atoms with van der Waals surface area (Å²) in [5.41, 5.74) is 0.628. The molecule has 118 valence electrons. The largest absolute Gasteiger partial charge is 0.389 e. The molecule has 0 aliphatic carbocycles. The monoisotopic (exact) mass is 333 g/mol. The van der Waals surface area contributed by atoms with Gasteiger partial charge in [0.25, 0.3) is 0 Å². The van der Waals surface area contributed by atoms with Crippen molar-refractivity contribution in [2.24, 2.45) is 0 Å². The van der Waals surface area contributed by atoms with E-state index in [9.17, 15) is 21.9 Å². The number of hydrogen-bond donors (Lipinski definition) is 1. The molecule has 2 rings (SSSR count). The lowest BCUT2D eigenvalue weighted by Crippen LogP contribution is -2.49. The summed E-state index contributed by atoms with van der Waals surface area (Å²) in [6.45, 7) is 3.17. The summed E-state index contributed by atoms with van der Waals surface area (Å²) in [4.78, 5) is 0.109. The molecule has 1 fully saturated rings. The van der Waals surface area contributed by atoms with E-state index in [4.69, 9.17) is 0 Å². The molecule has 0 saturated carbocycles. The number of sulfone groups is 1. The minimum Gasteiger partial charge on any atom is -0.389 e. The maximum atomic E-state index is 12.6. The lowest BCUT2D eigenvalue weighted by atomic mass is 10.1. The average molecular weight is 333 g/mol. The average Bonchev–Trinajstić information content (AvgIpc) is 2.37. The Morgan fingerprint density at radius 3 is 2.33 bits per heavy atom. The van der Waals surface area contributed by atoms with E-state index in [1.54, 1.807) is 26.0 Å². The van der Waals surface area contributed by atoms with Gasteiger partial charge in [-0.15, -0.1) is 0 Å². The molecule has 0 bridgehead atoms. The van der Waals surface area contributed by atoms with E-state index in [2.05, 4.69) is 0 Å². The predicted molar refractivity (Wildman–Crippen MR) is 79.1 cm³/mol. The summed E-state index contributed by atoms with van der Waals surface area (Å²) >= 11 is 0. The van der Waals surface area contributed by atoms with Crippen molar-refractivity contribution in [3.05, 3.63) is 29.8 Å². The van der Waals surface area contributed by atoms with Crippen LogP contribution in [0.3, 0.4) is 0 Å². The van der Waals surface area contributed by atoms with Crippen LogP contribution in [0.4, 0.5) is 0 Å². The highest BCUT2D eigenvalue weighted by Crippen LogP contribution is 2.23. The van der Waals surface area contributed by atoms with Gasteiger partial charge in [0.05, 0.1) is 22.5 Å². The number of sulfonamides is 1. The number of benzene rings is 1. The molecule has 0 aromatic heterocycles. The van der Waals surface area contributed by atoms with Crippen LogP contribution in [0.5, 0.6) is 0 Å². The minimum absolute atomic E-state index is 0.0238. The van der Waals surface area contributed by atoms with Gasteiger partial charge in [0.2, 0.25) is 10.0 Å². The molecule has 0 spiro atoms. The van der Waals surface area contributed by atoms with E-state index in [0.29, 0.717) is 5.56 Å². The molecule has 2 atom stereocenters. The molecule has 1 aliphatic rings. The van der Waals surface area contributed by atoms with Gasteiger partial charge in [-0.3, -0.25) is 0 Å². The molecule has 0 amide bonds. The zero-order valence-electron chi connectivity index (χ0n) is 11.9. The lowest BCUT2D eigenvalue weighted by Gasteiger charge is -2.32. The number of aliphatic hydroxyl groups excluding tert-OH is 1. The summed E-state index contributed by atoms with van der Waals surface area (Å²) in [7, 11) is -6.88. The van der Waals surface area contributed by atoms with Crippen molar-refractivity contribution in [2.45, 2.75) is 30.9 Å². The molecular weight excluding hydrogens is 314 g/mol. The lowest BCUT2D eigenvalue weighted by molar-refractivity contribution is 0.199. The third kappa shape index (κ3) is 3.45. The van der Waals surface area contributed by atoms with Crippen molar-refractivity contribution in [1.29, 1.82) is 0 Å². The van der Waals surface area contributed by atoms with Crippen molar-refractivity contribution < 1.29 is 21.9 Å². The molecule has 0 radical (unpaired) electrons. The van der Waals surface area contributed by atoms with Crippen LogP contribution in [0.25, 0.3) is 0 Å². The first kappa shape index (κ1) is 16.4. The van der Waals surface area contributed by atoms with E-state index < -0.39 is 32.0 Å². The zero-order valence-corrected chi connectivity index (χ0v) is 13.6. The molecule has 1 aromatic rings. The van der Waals surface area contributed by atoms with Crippen LogP contribution in [-0.2, 0) is 19.9 Å². The van der Waals surface area contributed by atoms with Crippen molar-refractivity contribution >= 4 is 19.9 Å². The van der Waals surface area contributed by atoms with Crippen LogP contribution >= 0.6 is 0 Å². The van der Waals surface area contributed by atoms with Gasteiger partial charge in [-0.2, -0.15) is 4.31 Å². The standard InChI is InChI=1S/C13H19NO5S2/c1-10-9-20(16,17)8-7-14(10)21(18,19)13-5-3-12(4-6-13)11(2)15/h3-6,10-11,15H,7-9H2,1-2H3. The summed E-state index contributed by atoms with van der Waals surface area (Å²) < 4.78 is 49.4. The second-order valence-electron chi connectivity index (χ2n) is 5.32. The molecule has 1 aliphatic heterocycles. The number of nitrogens with zero attached hydrogens (tertiary/aromatic N) is 1. The first-order valence-electron chi connectivity index (χ1n) is 6.64. The molecular formula is C13H19NO5S2. The van der Waals surface area contributed by atoms with Crippen LogP contribution in [0, 0.1) is 0 Å². The highest BCUT2D eigenvalue weighted by Gasteiger charge is 2.36. The van der Waals surface area contributed by atoms with Crippen LogP contribution in [0.2, 0.25) is 0 Å². The zero-order chi connectivity index (χ0) is 15.8. The molecule has 1 aromatic carbocycles. The van der Waals surface area contributed by atoms with Crippen LogP contribution < -0.4 is 0 Å². The molecule has 1 saturated heterocycles. The molecule has 1 heterocycles.